The maximum Gasteiger partial charge on any atom is 0.191 e. The third kappa shape index (κ3) is 7.19. The number of nitrogens with zero attached hydrogens (tertiary/aromatic N) is 4. The zero-order chi connectivity index (χ0) is 17.7. The third-order valence-electron chi connectivity index (χ3n) is 4.21. The van der Waals surface area contributed by atoms with Gasteiger partial charge in [-0.2, -0.15) is 0 Å². The number of nitrogens with two attached hydrogens (primary N) is 1. The predicted molar refractivity (Wildman–Crippen MR) is 119 cm³/mol. The average Bonchev–Trinajstić information content (AvgIpc) is 2.52. The van der Waals surface area contributed by atoms with E-state index in [4.69, 9.17) is 17.3 Å². The zero-order valence-corrected chi connectivity index (χ0v) is 18.8. The van der Waals surface area contributed by atoms with Crippen molar-refractivity contribution in [2.45, 2.75) is 13.8 Å². The van der Waals surface area contributed by atoms with Gasteiger partial charge >= 0.3 is 0 Å². The Kier molecular flexibility index (Phi) is 8.77. The van der Waals surface area contributed by atoms with Gasteiger partial charge in [-0.15, -0.1) is 24.0 Å². The van der Waals surface area contributed by atoms with Gasteiger partial charge in [-0.3, -0.25) is 4.99 Å². The minimum absolute atomic E-state index is 0. The Labute approximate surface area is 174 Å². The number of hydrogen-bond donors (Lipinski definition) is 1. The van der Waals surface area contributed by atoms with Crippen molar-refractivity contribution in [1.29, 1.82) is 0 Å². The fourth-order valence-electron chi connectivity index (χ4n) is 3.15. The topological polar surface area (TPSA) is 48.1 Å². The molecule has 0 unspecified atom stereocenters. The van der Waals surface area contributed by atoms with Gasteiger partial charge in [0.15, 0.2) is 5.96 Å². The molecule has 142 valence electrons. The summed E-state index contributed by atoms with van der Waals surface area (Å²) in [4.78, 5) is 11.4. The van der Waals surface area contributed by atoms with E-state index >= 15 is 0 Å². The fraction of sp³-hybridized carbons (Fsp3) is 0.611. The maximum atomic E-state index is 6.22. The molecule has 2 N–H and O–H groups in total. The summed E-state index contributed by atoms with van der Waals surface area (Å²) in [6, 6.07) is 8.01. The molecule has 2 rings (SSSR count). The van der Waals surface area contributed by atoms with Crippen LogP contribution in [0.1, 0.15) is 13.8 Å². The summed E-state index contributed by atoms with van der Waals surface area (Å²) in [5.74, 6) is 0.664. The standard InChI is InChI=1S/C18H30ClN5.HI/c1-18(2,14-22(3)4)13-21-17(20)24-11-9-23(10-12-24)16-7-5-15(19)6-8-16;/h5-8H,9-14H2,1-4H3,(H2,20,21);1H. The normalized spacial score (nSPS) is 16.2. The number of guanidine groups is 1. The van der Waals surface area contributed by atoms with Gasteiger partial charge in [-0.1, -0.05) is 25.4 Å². The molecule has 0 bridgehead atoms. The van der Waals surface area contributed by atoms with Gasteiger partial charge in [0, 0.05) is 50.0 Å². The van der Waals surface area contributed by atoms with Gasteiger partial charge in [0.25, 0.3) is 0 Å². The number of rotatable bonds is 5. The lowest BCUT2D eigenvalue weighted by molar-refractivity contribution is 0.247. The Morgan fingerprint density at radius 3 is 2.24 bits per heavy atom. The molecule has 1 aromatic carbocycles. The molecule has 7 heteroatoms. The van der Waals surface area contributed by atoms with Crippen LogP contribution in [0, 0.1) is 5.41 Å². The Morgan fingerprint density at radius 2 is 1.72 bits per heavy atom. The van der Waals surface area contributed by atoms with Crippen LogP contribution in [-0.2, 0) is 0 Å². The summed E-state index contributed by atoms with van der Waals surface area (Å²) in [5.41, 5.74) is 7.55. The highest BCUT2D eigenvalue weighted by Gasteiger charge is 2.21. The molecule has 1 aromatic rings. The Morgan fingerprint density at radius 1 is 1.16 bits per heavy atom. The van der Waals surface area contributed by atoms with Crippen LogP contribution in [0.25, 0.3) is 0 Å². The Bertz CT molecular complexity index is 551. The molecule has 1 aliphatic heterocycles. The largest absolute Gasteiger partial charge is 0.370 e. The van der Waals surface area contributed by atoms with E-state index in [1.54, 1.807) is 0 Å². The molecular weight excluding hydrogens is 449 g/mol. The van der Waals surface area contributed by atoms with Crippen LogP contribution < -0.4 is 10.6 Å². The molecule has 0 atom stereocenters. The lowest BCUT2D eigenvalue weighted by atomic mass is 9.93. The molecule has 0 radical (unpaired) electrons. The van der Waals surface area contributed by atoms with E-state index in [1.165, 1.54) is 5.69 Å². The molecule has 1 aliphatic rings. The van der Waals surface area contributed by atoms with Crippen molar-refractivity contribution in [3.05, 3.63) is 29.3 Å². The minimum atomic E-state index is 0. The molecule has 1 fully saturated rings. The number of hydrogen-bond acceptors (Lipinski definition) is 3. The van der Waals surface area contributed by atoms with Crippen LogP contribution in [0.2, 0.25) is 5.02 Å². The van der Waals surface area contributed by atoms with Crippen molar-refractivity contribution in [2.75, 3.05) is 58.3 Å². The van der Waals surface area contributed by atoms with Crippen LogP contribution in [0.4, 0.5) is 5.69 Å². The zero-order valence-electron chi connectivity index (χ0n) is 15.7. The molecule has 25 heavy (non-hydrogen) atoms. The lowest BCUT2D eigenvalue weighted by Gasteiger charge is -2.37. The quantitative estimate of drug-likeness (QED) is 0.401. The van der Waals surface area contributed by atoms with E-state index < -0.39 is 0 Å². The van der Waals surface area contributed by atoms with Crippen LogP contribution >= 0.6 is 35.6 Å². The van der Waals surface area contributed by atoms with E-state index in [2.05, 4.69) is 59.8 Å². The van der Waals surface area contributed by atoms with E-state index in [0.717, 1.165) is 44.3 Å². The van der Waals surface area contributed by atoms with Crippen molar-refractivity contribution < 1.29 is 0 Å². The van der Waals surface area contributed by atoms with Crippen molar-refractivity contribution in [3.63, 3.8) is 0 Å². The summed E-state index contributed by atoms with van der Waals surface area (Å²) in [5, 5.41) is 0.772. The molecule has 0 saturated carbocycles. The predicted octanol–water partition coefficient (Wildman–Crippen LogP) is 2.98. The summed E-state index contributed by atoms with van der Waals surface area (Å²) in [6.45, 7) is 9.86. The summed E-state index contributed by atoms with van der Waals surface area (Å²) in [7, 11) is 4.18. The van der Waals surface area contributed by atoms with Gasteiger partial charge < -0.3 is 20.4 Å². The van der Waals surface area contributed by atoms with E-state index in [1.807, 2.05) is 12.1 Å². The molecule has 0 spiro atoms. The van der Waals surface area contributed by atoms with Gasteiger partial charge in [0.2, 0.25) is 0 Å². The Balaban J connectivity index is 0.00000312. The van der Waals surface area contributed by atoms with Gasteiger partial charge in [-0.25, -0.2) is 0 Å². The van der Waals surface area contributed by atoms with Crippen LogP contribution in [0.3, 0.4) is 0 Å². The van der Waals surface area contributed by atoms with Crippen LogP contribution in [0.5, 0.6) is 0 Å². The van der Waals surface area contributed by atoms with Crippen molar-refractivity contribution >= 4 is 47.2 Å². The number of anilines is 1. The van der Waals surface area contributed by atoms with E-state index in [0.29, 0.717) is 5.96 Å². The summed E-state index contributed by atoms with van der Waals surface area (Å²) in [6.07, 6.45) is 0. The maximum absolute atomic E-state index is 6.22. The number of aliphatic imine (C=N–C) groups is 1. The minimum Gasteiger partial charge on any atom is -0.370 e. The first-order chi connectivity index (χ1) is 11.3. The molecule has 5 nitrogen and oxygen atoms in total. The third-order valence-corrected chi connectivity index (χ3v) is 4.46. The number of piperazine rings is 1. The lowest BCUT2D eigenvalue weighted by Crippen LogP contribution is -2.51. The highest BCUT2D eigenvalue weighted by molar-refractivity contribution is 14.0. The molecule has 0 aliphatic carbocycles. The average molecular weight is 480 g/mol. The van der Waals surface area contributed by atoms with Crippen molar-refractivity contribution in [3.8, 4) is 0 Å². The molecule has 1 heterocycles. The van der Waals surface area contributed by atoms with Gasteiger partial charge in [0.1, 0.15) is 0 Å². The number of benzene rings is 1. The first-order valence-corrected chi connectivity index (χ1v) is 8.85. The molecular formula is C18H31ClIN5. The first-order valence-electron chi connectivity index (χ1n) is 8.47. The van der Waals surface area contributed by atoms with Crippen LogP contribution in [-0.4, -0.2) is 69.1 Å². The second-order valence-corrected chi connectivity index (χ2v) is 7.96. The monoisotopic (exact) mass is 479 g/mol. The van der Waals surface area contributed by atoms with E-state index in [-0.39, 0.29) is 29.4 Å². The second-order valence-electron chi connectivity index (χ2n) is 7.53. The van der Waals surface area contributed by atoms with E-state index in [9.17, 15) is 0 Å². The highest BCUT2D eigenvalue weighted by atomic mass is 127. The first kappa shape index (κ1) is 22.3. The molecule has 0 aromatic heterocycles. The number of halogens is 2. The van der Waals surface area contributed by atoms with Crippen molar-refractivity contribution in [2.24, 2.45) is 16.1 Å². The van der Waals surface area contributed by atoms with Gasteiger partial charge in [0.05, 0.1) is 0 Å². The highest BCUT2D eigenvalue weighted by Crippen LogP contribution is 2.20. The summed E-state index contributed by atoms with van der Waals surface area (Å²) < 4.78 is 0. The van der Waals surface area contributed by atoms with Crippen LogP contribution in [0.15, 0.2) is 29.3 Å². The van der Waals surface area contributed by atoms with Gasteiger partial charge in [-0.05, 0) is 43.8 Å². The molecule has 0 amide bonds. The summed E-state index contributed by atoms with van der Waals surface area (Å²) >= 11 is 5.96. The Hall–Kier alpha value is -0.730. The second kappa shape index (κ2) is 9.83. The fourth-order valence-corrected chi connectivity index (χ4v) is 3.27. The smallest absolute Gasteiger partial charge is 0.191 e. The van der Waals surface area contributed by atoms with Crippen molar-refractivity contribution in [1.82, 2.24) is 9.80 Å². The molecule has 1 saturated heterocycles. The SMILES string of the molecule is CN(C)CC(C)(C)CN=C(N)N1CCN(c2ccc(Cl)cc2)CC1.I.